The highest BCUT2D eigenvalue weighted by Crippen LogP contribution is 2.03. The van der Waals surface area contributed by atoms with Gasteiger partial charge in [0, 0.05) is 11.6 Å². The number of rotatable bonds is 1. The Hall–Kier alpha value is -1.31. The van der Waals surface area contributed by atoms with E-state index >= 15 is 0 Å². The first-order chi connectivity index (χ1) is 7.33. The van der Waals surface area contributed by atoms with E-state index in [2.05, 4.69) is 12.1 Å². The maximum absolute atomic E-state index is 5.52. The lowest BCUT2D eigenvalue weighted by Gasteiger charge is -1.89. The molecule has 0 amide bonds. The van der Waals surface area contributed by atoms with E-state index in [1.807, 2.05) is 24.3 Å². The summed E-state index contributed by atoms with van der Waals surface area (Å²) in [6.45, 7) is 0.620. The number of nitrogens with two attached hydrogens (primary N) is 1. The average Bonchev–Trinajstić information content (AvgIpc) is 2.32. The maximum atomic E-state index is 5.52. The summed E-state index contributed by atoms with van der Waals surface area (Å²) < 4.78 is 0. The molecular weight excluding hydrogens is 206 g/mol. The highest BCUT2D eigenvalue weighted by Gasteiger charge is 1.80. The van der Waals surface area contributed by atoms with Crippen LogP contribution < -0.4 is 5.73 Å². The van der Waals surface area contributed by atoms with Crippen molar-refractivity contribution >= 4 is 11.6 Å². The summed E-state index contributed by atoms with van der Waals surface area (Å²) in [5, 5.41) is 0.763. The zero-order valence-electron chi connectivity index (χ0n) is 8.28. The van der Waals surface area contributed by atoms with Gasteiger partial charge in [-0.1, -0.05) is 48.0 Å². The Bertz CT molecular complexity index is 359. The van der Waals surface area contributed by atoms with Crippen LogP contribution in [0.2, 0.25) is 5.02 Å². The molecule has 2 rings (SSSR count). The minimum absolute atomic E-state index is 0.620. The topological polar surface area (TPSA) is 26.0 Å². The lowest BCUT2D eigenvalue weighted by molar-refractivity contribution is 1.07. The number of hydrogen-bond acceptors (Lipinski definition) is 1. The summed E-state index contributed by atoms with van der Waals surface area (Å²) >= 11 is 5.52. The monoisotopic (exact) mass is 217 g/mol. The van der Waals surface area contributed by atoms with E-state index in [1.54, 1.807) is 24.3 Å². The van der Waals surface area contributed by atoms with Gasteiger partial charge in [-0.2, -0.15) is 0 Å². The third-order valence-corrected chi connectivity index (χ3v) is 1.95. The van der Waals surface area contributed by atoms with Crippen LogP contribution >= 0.6 is 11.6 Å². The first-order valence-corrected chi connectivity index (χ1v) is 4.97. The largest absolute Gasteiger partial charge is 0.326 e. The molecule has 0 saturated carbocycles. The standard InChI is InChI=1S/C7H8N.C6H4Cl/c8-6-7-4-2-1-3-5-7;7-6-4-2-1-3-5-6/h2-5H,6,8H2;2-5H. The minimum Gasteiger partial charge on any atom is -0.326 e. The summed E-state index contributed by atoms with van der Waals surface area (Å²) in [6.07, 6.45) is 0. The molecule has 2 aromatic carbocycles. The van der Waals surface area contributed by atoms with Crippen molar-refractivity contribution in [3.05, 3.63) is 71.2 Å². The maximum Gasteiger partial charge on any atom is 0.0406 e. The van der Waals surface area contributed by atoms with Crippen LogP contribution in [0.3, 0.4) is 0 Å². The van der Waals surface area contributed by atoms with Crippen LogP contribution in [0.4, 0.5) is 0 Å². The van der Waals surface area contributed by atoms with Gasteiger partial charge in [-0.05, 0) is 29.8 Å². The second kappa shape index (κ2) is 7.04. The third kappa shape index (κ3) is 5.21. The molecule has 0 aliphatic carbocycles. The van der Waals surface area contributed by atoms with Crippen molar-refractivity contribution in [3.63, 3.8) is 0 Å². The molecule has 2 aromatic rings. The SMILES string of the molecule is Clc1cc[c]cc1.NCc1cc[c]cc1. The summed E-state index contributed by atoms with van der Waals surface area (Å²) in [5.74, 6) is 0. The van der Waals surface area contributed by atoms with Crippen LogP contribution in [0.1, 0.15) is 5.56 Å². The van der Waals surface area contributed by atoms with E-state index in [0.717, 1.165) is 10.6 Å². The van der Waals surface area contributed by atoms with E-state index < -0.39 is 0 Å². The lowest BCUT2D eigenvalue weighted by atomic mass is 10.2. The van der Waals surface area contributed by atoms with E-state index in [1.165, 1.54) is 0 Å². The summed E-state index contributed by atoms with van der Waals surface area (Å²) in [5.41, 5.74) is 6.49. The number of benzene rings is 2. The molecule has 15 heavy (non-hydrogen) atoms. The first-order valence-electron chi connectivity index (χ1n) is 4.59. The number of halogens is 1. The van der Waals surface area contributed by atoms with Gasteiger partial charge in [0.05, 0.1) is 0 Å². The molecule has 0 aliphatic rings. The first kappa shape index (κ1) is 11.8. The second-order valence-electron chi connectivity index (χ2n) is 2.83. The molecule has 0 aliphatic heterocycles. The van der Waals surface area contributed by atoms with Crippen molar-refractivity contribution in [3.8, 4) is 0 Å². The fourth-order valence-electron chi connectivity index (χ4n) is 0.924. The van der Waals surface area contributed by atoms with Gasteiger partial charge in [-0.15, -0.1) is 0 Å². The van der Waals surface area contributed by atoms with Gasteiger partial charge >= 0.3 is 0 Å². The van der Waals surface area contributed by atoms with Gasteiger partial charge in [0.1, 0.15) is 0 Å². The molecule has 0 fully saturated rings. The van der Waals surface area contributed by atoms with Crippen LogP contribution in [-0.4, -0.2) is 0 Å². The van der Waals surface area contributed by atoms with Crippen LogP contribution in [0.25, 0.3) is 0 Å². The van der Waals surface area contributed by atoms with Gasteiger partial charge in [-0.3, -0.25) is 0 Å². The summed E-state index contributed by atoms with van der Waals surface area (Å²) in [4.78, 5) is 0. The normalized spacial score (nSPS) is 8.93. The Morgan fingerprint density at radius 3 is 1.67 bits per heavy atom. The third-order valence-electron chi connectivity index (χ3n) is 1.70. The van der Waals surface area contributed by atoms with Crippen molar-refractivity contribution in [1.82, 2.24) is 0 Å². The highest BCUT2D eigenvalue weighted by molar-refractivity contribution is 6.30. The Labute approximate surface area is 95.5 Å². The Morgan fingerprint density at radius 1 is 0.933 bits per heavy atom. The molecule has 0 spiro atoms. The molecule has 0 heterocycles. The fourth-order valence-corrected chi connectivity index (χ4v) is 1.05. The van der Waals surface area contributed by atoms with Gasteiger partial charge in [0.2, 0.25) is 0 Å². The zero-order valence-corrected chi connectivity index (χ0v) is 9.04. The zero-order chi connectivity index (χ0) is 10.9. The minimum atomic E-state index is 0.620. The molecule has 0 bridgehead atoms. The van der Waals surface area contributed by atoms with E-state index in [9.17, 15) is 0 Å². The van der Waals surface area contributed by atoms with E-state index in [-0.39, 0.29) is 0 Å². The molecule has 0 unspecified atom stereocenters. The number of hydrogen-bond donors (Lipinski definition) is 1. The fraction of sp³-hybridized carbons (Fsp3) is 0.0769. The smallest absolute Gasteiger partial charge is 0.0406 e. The van der Waals surface area contributed by atoms with Crippen molar-refractivity contribution in [2.45, 2.75) is 6.54 Å². The van der Waals surface area contributed by atoms with Crippen LogP contribution in [-0.2, 0) is 6.54 Å². The van der Waals surface area contributed by atoms with Gasteiger partial charge < -0.3 is 5.73 Å². The predicted octanol–water partition coefficient (Wildman–Crippen LogP) is 3.09. The van der Waals surface area contributed by atoms with Crippen LogP contribution in [0, 0.1) is 12.1 Å². The quantitative estimate of drug-likeness (QED) is 0.781. The second-order valence-corrected chi connectivity index (χ2v) is 3.27. The molecule has 2 radical (unpaired) electrons. The predicted molar refractivity (Wildman–Crippen MR) is 63.5 cm³/mol. The molecule has 0 aromatic heterocycles. The van der Waals surface area contributed by atoms with Crippen molar-refractivity contribution in [2.24, 2.45) is 5.73 Å². The average molecular weight is 218 g/mol. The van der Waals surface area contributed by atoms with Crippen LogP contribution in [0.5, 0.6) is 0 Å². The Kier molecular flexibility index (Phi) is 5.52. The van der Waals surface area contributed by atoms with Gasteiger partial charge in [0.15, 0.2) is 0 Å². The van der Waals surface area contributed by atoms with Gasteiger partial charge in [0.25, 0.3) is 0 Å². The van der Waals surface area contributed by atoms with Crippen molar-refractivity contribution in [1.29, 1.82) is 0 Å². The molecule has 0 saturated heterocycles. The molecule has 1 nitrogen and oxygen atoms in total. The summed E-state index contributed by atoms with van der Waals surface area (Å²) in [7, 11) is 0. The molecular formula is C13H12ClN. The molecule has 0 atom stereocenters. The lowest BCUT2D eigenvalue weighted by Crippen LogP contribution is -1.94. The van der Waals surface area contributed by atoms with Gasteiger partial charge in [-0.25, -0.2) is 0 Å². The van der Waals surface area contributed by atoms with E-state index in [4.69, 9.17) is 17.3 Å². The van der Waals surface area contributed by atoms with Crippen LogP contribution in [0.15, 0.2) is 48.5 Å². The Balaban J connectivity index is 0.000000151. The van der Waals surface area contributed by atoms with E-state index in [0.29, 0.717) is 6.54 Å². The van der Waals surface area contributed by atoms with Crippen molar-refractivity contribution < 1.29 is 0 Å². The van der Waals surface area contributed by atoms with Crippen molar-refractivity contribution in [2.75, 3.05) is 0 Å². The molecule has 2 heteroatoms. The summed E-state index contributed by atoms with van der Waals surface area (Å²) in [6, 6.07) is 20.6. The highest BCUT2D eigenvalue weighted by atomic mass is 35.5. The molecule has 76 valence electrons. The Morgan fingerprint density at radius 2 is 1.40 bits per heavy atom. The molecule has 2 N–H and O–H groups in total.